The fourth-order valence-corrected chi connectivity index (χ4v) is 1.94. The molecule has 0 unspecified atom stereocenters. The maximum absolute atomic E-state index is 11.6. The highest BCUT2D eigenvalue weighted by atomic mass is 16.6. The SMILES string of the molecule is O=C(NCCc1ccccc1)C(=O)NN=Cc1ccc([N+](=O)[O-])cc1. The number of rotatable bonds is 6. The third kappa shape index (κ3) is 5.87. The van der Waals surface area contributed by atoms with Crippen molar-refractivity contribution >= 4 is 23.7 Å². The molecule has 0 aliphatic carbocycles. The van der Waals surface area contributed by atoms with Crippen LogP contribution in [0, 0.1) is 10.1 Å². The maximum atomic E-state index is 11.6. The van der Waals surface area contributed by atoms with Crippen molar-refractivity contribution in [2.24, 2.45) is 5.10 Å². The van der Waals surface area contributed by atoms with E-state index in [2.05, 4.69) is 15.8 Å². The van der Waals surface area contributed by atoms with Gasteiger partial charge in [-0.3, -0.25) is 19.7 Å². The number of hydrogen-bond acceptors (Lipinski definition) is 5. The lowest BCUT2D eigenvalue weighted by Crippen LogP contribution is -2.38. The summed E-state index contributed by atoms with van der Waals surface area (Å²) in [7, 11) is 0. The Morgan fingerprint density at radius 3 is 2.36 bits per heavy atom. The third-order valence-corrected chi connectivity index (χ3v) is 3.23. The topological polar surface area (TPSA) is 114 Å². The molecule has 128 valence electrons. The normalized spacial score (nSPS) is 10.4. The number of carbonyl (C=O) groups excluding carboxylic acids is 2. The first kappa shape index (κ1) is 17.8. The zero-order valence-electron chi connectivity index (χ0n) is 13.2. The molecule has 0 bridgehead atoms. The summed E-state index contributed by atoms with van der Waals surface area (Å²) in [6, 6.07) is 15.2. The first-order valence-electron chi connectivity index (χ1n) is 7.46. The van der Waals surface area contributed by atoms with Crippen LogP contribution in [0.3, 0.4) is 0 Å². The Morgan fingerprint density at radius 2 is 1.72 bits per heavy atom. The van der Waals surface area contributed by atoms with Gasteiger partial charge in [0.05, 0.1) is 11.1 Å². The highest BCUT2D eigenvalue weighted by Gasteiger charge is 2.11. The fourth-order valence-electron chi connectivity index (χ4n) is 1.94. The summed E-state index contributed by atoms with van der Waals surface area (Å²) in [5.74, 6) is -1.66. The molecule has 8 heteroatoms. The quantitative estimate of drug-likeness (QED) is 0.358. The number of nitro groups is 1. The molecule has 0 aliphatic heterocycles. The first-order valence-corrected chi connectivity index (χ1v) is 7.46. The summed E-state index contributed by atoms with van der Waals surface area (Å²) in [5, 5.41) is 16.7. The zero-order chi connectivity index (χ0) is 18.1. The van der Waals surface area contributed by atoms with Gasteiger partial charge in [-0.2, -0.15) is 5.10 Å². The Bertz CT molecular complexity index is 773. The van der Waals surface area contributed by atoms with Gasteiger partial charge < -0.3 is 5.32 Å². The average Bonchev–Trinajstić information content (AvgIpc) is 2.63. The Morgan fingerprint density at radius 1 is 1.04 bits per heavy atom. The third-order valence-electron chi connectivity index (χ3n) is 3.23. The van der Waals surface area contributed by atoms with Crippen molar-refractivity contribution in [1.29, 1.82) is 0 Å². The predicted octanol–water partition coefficient (Wildman–Crippen LogP) is 1.40. The van der Waals surface area contributed by atoms with Crippen LogP contribution in [0.2, 0.25) is 0 Å². The summed E-state index contributed by atoms with van der Waals surface area (Å²) in [5.41, 5.74) is 3.67. The number of nitro benzene ring substituents is 1. The summed E-state index contributed by atoms with van der Waals surface area (Å²) in [6.45, 7) is 0.336. The Hall–Kier alpha value is -3.55. The molecule has 2 amide bonds. The second-order valence-corrected chi connectivity index (χ2v) is 5.04. The molecule has 0 saturated heterocycles. The molecule has 0 aliphatic rings. The van der Waals surface area contributed by atoms with Crippen LogP contribution in [0.15, 0.2) is 59.7 Å². The van der Waals surface area contributed by atoms with Crippen molar-refractivity contribution in [3.8, 4) is 0 Å². The number of non-ortho nitro benzene ring substituents is 1. The molecule has 2 aromatic carbocycles. The maximum Gasteiger partial charge on any atom is 0.329 e. The van der Waals surface area contributed by atoms with Crippen LogP contribution in [0.25, 0.3) is 0 Å². The van der Waals surface area contributed by atoms with Crippen molar-refractivity contribution in [3.63, 3.8) is 0 Å². The smallest absolute Gasteiger partial charge is 0.329 e. The molecule has 8 nitrogen and oxygen atoms in total. The minimum absolute atomic E-state index is 0.0426. The van der Waals surface area contributed by atoms with Crippen molar-refractivity contribution in [2.75, 3.05) is 6.54 Å². The van der Waals surface area contributed by atoms with Gasteiger partial charge in [-0.15, -0.1) is 0 Å². The second-order valence-electron chi connectivity index (χ2n) is 5.04. The van der Waals surface area contributed by atoms with Crippen molar-refractivity contribution in [1.82, 2.24) is 10.7 Å². The molecule has 2 N–H and O–H groups in total. The number of amides is 2. The largest absolute Gasteiger partial charge is 0.347 e. The van der Waals surface area contributed by atoms with Crippen LogP contribution in [-0.2, 0) is 16.0 Å². The monoisotopic (exact) mass is 340 g/mol. The molecule has 0 saturated carbocycles. The van der Waals surface area contributed by atoms with Gasteiger partial charge in [0.1, 0.15) is 0 Å². The Kier molecular flexibility index (Phi) is 6.35. The molecule has 0 spiro atoms. The number of hydrazone groups is 1. The predicted molar refractivity (Wildman–Crippen MR) is 92.0 cm³/mol. The standard InChI is InChI=1S/C17H16N4O4/c22-16(18-11-10-13-4-2-1-3-5-13)17(23)20-19-12-14-6-8-15(9-7-14)21(24)25/h1-9,12H,10-11H2,(H,18,22)(H,20,23). The van der Waals surface area contributed by atoms with E-state index in [0.717, 1.165) is 5.56 Å². The zero-order valence-corrected chi connectivity index (χ0v) is 13.2. The average molecular weight is 340 g/mol. The van der Waals surface area contributed by atoms with Crippen LogP contribution in [0.5, 0.6) is 0 Å². The van der Waals surface area contributed by atoms with E-state index in [0.29, 0.717) is 18.5 Å². The lowest BCUT2D eigenvalue weighted by Gasteiger charge is -2.04. The Balaban J connectivity index is 1.75. The second kappa shape index (κ2) is 8.92. The minimum Gasteiger partial charge on any atom is -0.347 e. The van der Waals surface area contributed by atoms with Gasteiger partial charge in [0, 0.05) is 18.7 Å². The van der Waals surface area contributed by atoms with Gasteiger partial charge in [0.15, 0.2) is 0 Å². The van der Waals surface area contributed by atoms with Gasteiger partial charge in [0.2, 0.25) is 0 Å². The van der Waals surface area contributed by atoms with E-state index < -0.39 is 16.7 Å². The van der Waals surface area contributed by atoms with Crippen LogP contribution in [-0.4, -0.2) is 29.5 Å². The van der Waals surface area contributed by atoms with E-state index in [9.17, 15) is 19.7 Å². The fraction of sp³-hybridized carbons (Fsp3) is 0.118. The number of benzene rings is 2. The molecule has 0 aromatic heterocycles. The van der Waals surface area contributed by atoms with Crippen LogP contribution in [0.4, 0.5) is 5.69 Å². The van der Waals surface area contributed by atoms with Crippen LogP contribution < -0.4 is 10.7 Å². The van der Waals surface area contributed by atoms with Crippen molar-refractivity contribution in [3.05, 3.63) is 75.8 Å². The van der Waals surface area contributed by atoms with Gasteiger partial charge in [-0.1, -0.05) is 30.3 Å². The van der Waals surface area contributed by atoms with E-state index >= 15 is 0 Å². The lowest BCUT2D eigenvalue weighted by molar-refractivity contribution is -0.384. The van der Waals surface area contributed by atoms with Gasteiger partial charge >= 0.3 is 11.8 Å². The van der Waals surface area contributed by atoms with E-state index in [4.69, 9.17) is 0 Å². The first-order chi connectivity index (χ1) is 12.1. The van der Waals surface area contributed by atoms with Crippen LogP contribution in [0.1, 0.15) is 11.1 Å². The summed E-state index contributed by atoms with van der Waals surface area (Å²) >= 11 is 0. The summed E-state index contributed by atoms with van der Waals surface area (Å²) < 4.78 is 0. The van der Waals surface area contributed by atoms with E-state index in [1.54, 1.807) is 0 Å². The highest BCUT2D eigenvalue weighted by molar-refractivity contribution is 6.35. The van der Waals surface area contributed by atoms with Crippen molar-refractivity contribution < 1.29 is 14.5 Å². The molecule has 2 rings (SSSR count). The number of hydrogen-bond donors (Lipinski definition) is 2. The van der Waals surface area contributed by atoms with Gasteiger partial charge in [0.25, 0.3) is 5.69 Å². The van der Waals surface area contributed by atoms with Gasteiger partial charge in [-0.05, 0) is 29.7 Å². The molecule has 0 atom stereocenters. The number of nitrogens with one attached hydrogen (secondary N) is 2. The molecular weight excluding hydrogens is 324 g/mol. The van der Waals surface area contributed by atoms with E-state index in [1.807, 2.05) is 30.3 Å². The molecule has 0 fully saturated rings. The summed E-state index contributed by atoms with van der Waals surface area (Å²) in [4.78, 5) is 33.2. The van der Waals surface area contributed by atoms with E-state index in [1.165, 1.54) is 30.5 Å². The molecular formula is C17H16N4O4. The highest BCUT2D eigenvalue weighted by Crippen LogP contribution is 2.10. The van der Waals surface area contributed by atoms with Crippen LogP contribution >= 0.6 is 0 Å². The van der Waals surface area contributed by atoms with Crippen molar-refractivity contribution in [2.45, 2.75) is 6.42 Å². The Labute approximate surface area is 143 Å². The molecule has 25 heavy (non-hydrogen) atoms. The van der Waals surface area contributed by atoms with E-state index in [-0.39, 0.29) is 5.69 Å². The molecule has 0 radical (unpaired) electrons. The minimum atomic E-state index is -0.883. The molecule has 2 aromatic rings. The lowest BCUT2D eigenvalue weighted by atomic mass is 10.1. The van der Waals surface area contributed by atoms with Gasteiger partial charge in [-0.25, -0.2) is 5.43 Å². The number of carbonyl (C=O) groups is 2. The number of nitrogens with zero attached hydrogens (tertiary/aromatic N) is 2. The summed E-state index contributed by atoms with van der Waals surface area (Å²) in [6.07, 6.45) is 1.91. The molecule has 0 heterocycles.